The summed E-state index contributed by atoms with van der Waals surface area (Å²) in [5.41, 5.74) is 3.86. The van der Waals surface area contributed by atoms with Crippen LogP contribution in [-0.4, -0.2) is 31.8 Å². The summed E-state index contributed by atoms with van der Waals surface area (Å²) in [6.45, 7) is 0. The first-order valence-electron chi connectivity index (χ1n) is 9.24. The number of benzene rings is 2. The highest BCUT2D eigenvalue weighted by molar-refractivity contribution is 5.99. The average Bonchev–Trinajstić information content (AvgIpc) is 3.27. The molecule has 28 heavy (non-hydrogen) atoms. The highest BCUT2D eigenvalue weighted by Gasteiger charge is 2.27. The van der Waals surface area contributed by atoms with Gasteiger partial charge in [-0.3, -0.25) is 4.79 Å². The van der Waals surface area contributed by atoms with Gasteiger partial charge in [0.2, 0.25) is 0 Å². The summed E-state index contributed by atoms with van der Waals surface area (Å²) in [7, 11) is 6.79. The number of fused-ring (bicyclic) bond motifs is 2. The van der Waals surface area contributed by atoms with Crippen molar-refractivity contribution in [3.63, 3.8) is 0 Å². The Morgan fingerprint density at radius 2 is 1.79 bits per heavy atom. The maximum absolute atomic E-state index is 13.0. The van der Waals surface area contributed by atoms with Crippen LogP contribution >= 0.6 is 0 Å². The predicted octanol–water partition coefficient (Wildman–Crippen LogP) is 3.62. The van der Waals surface area contributed by atoms with Crippen LogP contribution in [0.2, 0.25) is 0 Å². The number of ether oxygens (including phenoxy) is 3. The van der Waals surface area contributed by atoms with Crippen LogP contribution in [0, 0.1) is 0 Å². The molecule has 6 nitrogen and oxygen atoms in total. The van der Waals surface area contributed by atoms with Crippen molar-refractivity contribution < 1.29 is 19.0 Å². The second kappa shape index (κ2) is 7.11. The smallest absolute Gasteiger partial charge is 0.268 e. The van der Waals surface area contributed by atoms with Crippen molar-refractivity contribution in [2.45, 2.75) is 18.9 Å². The lowest BCUT2D eigenvalue weighted by Gasteiger charge is -2.16. The van der Waals surface area contributed by atoms with Gasteiger partial charge in [-0.05, 0) is 54.3 Å². The third kappa shape index (κ3) is 2.95. The van der Waals surface area contributed by atoms with E-state index in [1.165, 1.54) is 5.56 Å². The zero-order valence-corrected chi connectivity index (χ0v) is 16.5. The first-order valence-corrected chi connectivity index (χ1v) is 9.24. The molecule has 3 aromatic rings. The van der Waals surface area contributed by atoms with Gasteiger partial charge in [0, 0.05) is 18.5 Å². The Labute approximate surface area is 164 Å². The van der Waals surface area contributed by atoms with Crippen LogP contribution in [0.15, 0.2) is 36.4 Å². The van der Waals surface area contributed by atoms with E-state index < -0.39 is 0 Å². The number of carbonyl (C=O) groups is 1. The minimum Gasteiger partial charge on any atom is -0.497 e. The fourth-order valence-electron chi connectivity index (χ4n) is 3.97. The molecule has 0 saturated carbocycles. The summed E-state index contributed by atoms with van der Waals surface area (Å²) in [6.07, 6.45) is 1.75. The maximum atomic E-state index is 13.0. The first kappa shape index (κ1) is 18.2. The number of aryl methyl sites for hydroxylation is 2. The summed E-state index contributed by atoms with van der Waals surface area (Å²) in [5, 5.41) is 4.19. The lowest BCUT2D eigenvalue weighted by atomic mass is 10.1. The molecule has 1 atom stereocenters. The average molecular weight is 380 g/mol. The normalized spacial score (nSPS) is 15.4. The van der Waals surface area contributed by atoms with Crippen molar-refractivity contribution in [3.8, 4) is 17.2 Å². The van der Waals surface area contributed by atoms with E-state index in [2.05, 4.69) is 5.32 Å². The summed E-state index contributed by atoms with van der Waals surface area (Å²) in [6, 6.07) is 11.6. The van der Waals surface area contributed by atoms with Crippen molar-refractivity contribution in [1.29, 1.82) is 0 Å². The number of hydrogen-bond acceptors (Lipinski definition) is 4. The number of hydrogen-bond donors (Lipinski definition) is 1. The molecule has 0 saturated heterocycles. The molecule has 6 heteroatoms. The standard InChI is InChI=1S/C22H24N2O4/c1-24-18-11-15(26-2)7-5-14(18)9-19(24)22(25)23-17-8-6-13-10-20(27-3)21(28-4)12-16(13)17/h5,7,9-12,17H,6,8H2,1-4H3,(H,23,25)/t17-/m1/s1. The van der Waals surface area contributed by atoms with Gasteiger partial charge in [-0.25, -0.2) is 0 Å². The summed E-state index contributed by atoms with van der Waals surface area (Å²) in [4.78, 5) is 13.0. The molecular formula is C22H24N2O4. The van der Waals surface area contributed by atoms with Crippen molar-refractivity contribution >= 4 is 16.8 Å². The molecule has 0 unspecified atom stereocenters. The predicted molar refractivity (Wildman–Crippen MR) is 108 cm³/mol. The van der Waals surface area contributed by atoms with Crippen molar-refractivity contribution in [2.75, 3.05) is 21.3 Å². The molecule has 0 spiro atoms. The SMILES string of the molecule is COc1ccc2cc(C(=O)N[C@@H]3CCc4cc(OC)c(OC)cc43)n(C)c2c1. The third-order valence-corrected chi connectivity index (χ3v) is 5.51. The number of amides is 1. The number of aromatic nitrogens is 1. The van der Waals surface area contributed by atoms with E-state index in [0.717, 1.165) is 40.8 Å². The van der Waals surface area contributed by atoms with E-state index in [9.17, 15) is 4.79 Å². The molecular weight excluding hydrogens is 356 g/mol. The number of methoxy groups -OCH3 is 3. The summed E-state index contributed by atoms with van der Waals surface area (Å²) >= 11 is 0. The second-order valence-corrected chi connectivity index (χ2v) is 6.98. The van der Waals surface area contributed by atoms with Crippen LogP contribution in [0.3, 0.4) is 0 Å². The van der Waals surface area contributed by atoms with E-state index in [1.807, 2.05) is 48.0 Å². The van der Waals surface area contributed by atoms with E-state index in [0.29, 0.717) is 11.4 Å². The summed E-state index contributed by atoms with van der Waals surface area (Å²) < 4.78 is 18.0. The van der Waals surface area contributed by atoms with Crippen LogP contribution in [0.25, 0.3) is 10.9 Å². The van der Waals surface area contributed by atoms with Gasteiger partial charge in [-0.1, -0.05) is 0 Å². The Morgan fingerprint density at radius 3 is 2.50 bits per heavy atom. The van der Waals surface area contributed by atoms with Gasteiger partial charge in [0.15, 0.2) is 11.5 Å². The molecule has 1 heterocycles. The van der Waals surface area contributed by atoms with Crippen molar-refractivity contribution in [1.82, 2.24) is 9.88 Å². The fraction of sp³-hybridized carbons (Fsp3) is 0.318. The molecule has 1 aromatic heterocycles. The molecule has 0 aliphatic heterocycles. The van der Waals surface area contributed by atoms with Crippen LogP contribution < -0.4 is 19.5 Å². The van der Waals surface area contributed by atoms with Gasteiger partial charge in [0.25, 0.3) is 5.91 Å². The van der Waals surface area contributed by atoms with Crippen molar-refractivity contribution in [2.24, 2.45) is 7.05 Å². The number of nitrogens with zero attached hydrogens (tertiary/aromatic N) is 1. The van der Waals surface area contributed by atoms with Gasteiger partial charge in [0.1, 0.15) is 11.4 Å². The zero-order chi connectivity index (χ0) is 19.8. The topological polar surface area (TPSA) is 61.7 Å². The minimum atomic E-state index is -0.0923. The molecule has 1 N–H and O–H groups in total. The quantitative estimate of drug-likeness (QED) is 0.734. The molecule has 1 aliphatic carbocycles. The Kier molecular flexibility index (Phi) is 4.63. The molecule has 0 fully saturated rings. The Hall–Kier alpha value is -3.15. The molecule has 1 aliphatic rings. The number of rotatable bonds is 5. The van der Waals surface area contributed by atoms with Gasteiger partial charge in [-0.2, -0.15) is 0 Å². The van der Waals surface area contributed by atoms with Gasteiger partial charge >= 0.3 is 0 Å². The largest absolute Gasteiger partial charge is 0.497 e. The third-order valence-electron chi connectivity index (χ3n) is 5.51. The van der Waals surface area contributed by atoms with E-state index >= 15 is 0 Å². The van der Waals surface area contributed by atoms with Crippen LogP contribution in [0.1, 0.15) is 34.1 Å². The van der Waals surface area contributed by atoms with Crippen LogP contribution in [0.4, 0.5) is 0 Å². The van der Waals surface area contributed by atoms with E-state index in [1.54, 1.807) is 21.3 Å². The lowest BCUT2D eigenvalue weighted by Crippen LogP contribution is -2.28. The minimum absolute atomic E-state index is 0.0464. The molecule has 4 rings (SSSR count). The van der Waals surface area contributed by atoms with Gasteiger partial charge in [0.05, 0.1) is 32.9 Å². The lowest BCUT2D eigenvalue weighted by molar-refractivity contribution is 0.0929. The van der Waals surface area contributed by atoms with Crippen LogP contribution in [-0.2, 0) is 13.5 Å². The first-order chi connectivity index (χ1) is 13.5. The fourth-order valence-corrected chi connectivity index (χ4v) is 3.97. The Bertz CT molecular complexity index is 1050. The van der Waals surface area contributed by atoms with Crippen molar-refractivity contribution in [3.05, 3.63) is 53.2 Å². The molecule has 1 amide bonds. The zero-order valence-electron chi connectivity index (χ0n) is 16.5. The Balaban J connectivity index is 1.62. The van der Waals surface area contributed by atoms with Crippen LogP contribution in [0.5, 0.6) is 17.2 Å². The van der Waals surface area contributed by atoms with Gasteiger partial charge < -0.3 is 24.1 Å². The molecule has 0 bridgehead atoms. The molecule has 0 radical (unpaired) electrons. The Morgan fingerprint density at radius 1 is 1.04 bits per heavy atom. The second-order valence-electron chi connectivity index (χ2n) is 6.98. The number of carbonyl (C=O) groups excluding carboxylic acids is 1. The summed E-state index contributed by atoms with van der Waals surface area (Å²) in [5.74, 6) is 2.08. The highest BCUT2D eigenvalue weighted by Crippen LogP contribution is 2.39. The van der Waals surface area contributed by atoms with E-state index in [-0.39, 0.29) is 11.9 Å². The number of nitrogens with one attached hydrogen (secondary N) is 1. The molecule has 2 aromatic carbocycles. The maximum Gasteiger partial charge on any atom is 0.268 e. The monoisotopic (exact) mass is 380 g/mol. The highest BCUT2D eigenvalue weighted by atomic mass is 16.5. The molecule has 146 valence electrons. The van der Waals surface area contributed by atoms with Gasteiger partial charge in [-0.15, -0.1) is 0 Å². The van der Waals surface area contributed by atoms with E-state index in [4.69, 9.17) is 14.2 Å².